The van der Waals surface area contributed by atoms with Gasteiger partial charge in [0.15, 0.2) is 0 Å². The highest BCUT2D eigenvalue weighted by Gasteiger charge is 2.11. The number of rotatable bonds is 8. The molecule has 0 heterocycles. The summed E-state index contributed by atoms with van der Waals surface area (Å²) in [6.07, 6.45) is 4.34. The van der Waals surface area contributed by atoms with Crippen LogP contribution in [0.15, 0.2) is 51.9 Å². The third kappa shape index (κ3) is 9.48. The molecule has 0 radical (unpaired) electrons. The second kappa shape index (κ2) is 13.4. The van der Waals surface area contributed by atoms with Crippen molar-refractivity contribution in [3.8, 4) is 5.75 Å². The molecule has 0 spiro atoms. The maximum atomic E-state index is 13.6. The van der Waals surface area contributed by atoms with Crippen LogP contribution in [-0.4, -0.2) is 12.3 Å². The van der Waals surface area contributed by atoms with Crippen molar-refractivity contribution < 1.29 is 17.9 Å². The molecule has 2 aromatic carbocycles. The van der Waals surface area contributed by atoms with Crippen LogP contribution in [0.1, 0.15) is 52.0 Å². The van der Waals surface area contributed by atoms with E-state index in [-0.39, 0.29) is 11.6 Å². The lowest BCUT2D eigenvalue weighted by Gasteiger charge is -2.14. The van der Waals surface area contributed by atoms with E-state index in [1.807, 2.05) is 6.92 Å². The Morgan fingerprint density at radius 1 is 1.10 bits per heavy atom. The zero-order valence-electron chi connectivity index (χ0n) is 17.4. The first-order chi connectivity index (χ1) is 13.8. The Bertz CT molecular complexity index is 766. The van der Waals surface area contributed by atoms with Gasteiger partial charge in [0, 0.05) is 11.8 Å². The van der Waals surface area contributed by atoms with E-state index in [0.717, 1.165) is 36.9 Å². The molecule has 2 nitrogen and oxygen atoms in total. The molecule has 0 aromatic heterocycles. The van der Waals surface area contributed by atoms with Crippen LogP contribution < -0.4 is 4.74 Å². The van der Waals surface area contributed by atoms with Crippen molar-refractivity contribution in [1.29, 1.82) is 0 Å². The van der Waals surface area contributed by atoms with Gasteiger partial charge in [0.05, 0.1) is 10.2 Å². The van der Waals surface area contributed by atoms with Gasteiger partial charge in [0.1, 0.15) is 11.6 Å². The van der Waals surface area contributed by atoms with Crippen LogP contribution in [0.2, 0.25) is 0 Å². The molecule has 0 saturated heterocycles. The van der Waals surface area contributed by atoms with Gasteiger partial charge in [-0.1, -0.05) is 51.8 Å². The molecule has 2 aromatic rings. The standard InChI is InChI=1S/C16H23BrFN.C7H6F2O/c1-5-7-11(3)15(8-6-2)19-16-10-14(18)13(17)9-12(16)4;8-7(9)10-6-4-2-1-3-5-6/h9-11H,5-8H2,1-4H3;1-5,7H. The van der Waals surface area contributed by atoms with Crippen molar-refractivity contribution in [1.82, 2.24) is 0 Å². The Morgan fingerprint density at radius 3 is 2.31 bits per heavy atom. The number of ether oxygens (including phenoxy) is 1. The fraction of sp³-hybridized carbons (Fsp3) is 0.435. The molecule has 0 aliphatic rings. The molecule has 0 N–H and O–H groups in total. The first kappa shape index (κ1) is 25.2. The quantitative estimate of drug-likeness (QED) is 0.353. The molecule has 0 aliphatic heterocycles. The maximum absolute atomic E-state index is 13.6. The summed E-state index contributed by atoms with van der Waals surface area (Å²) >= 11 is 3.21. The van der Waals surface area contributed by atoms with Crippen LogP contribution in [0.25, 0.3) is 0 Å². The maximum Gasteiger partial charge on any atom is 0.387 e. The lowest BCUT2D eigenvalue weighted by atomic mass is 9.96. The van der Waals surface area contributed by atoms with Gasteiger partial charge in [-0.15, -0.1) is 0 Å². The van der Waals surface area contributed by atoms with Crippen molar-refractivity contribution in [2.24, 2.45) is 10.9 Å². The number of para-hydroxylation sites is 1. The van der Waals surface area contributed by atoms with Crippen molar-refractivity contribution in [3.63, 3.8) is 0 Å². The van der Waals surface area contributed by atoms with Crippen LogP contribution in [0.3, 0.4) is 0 Å². The molecular weight excluding hydrogens is 443 g/mol. The van der Waals surface area contributed by atoms with Crippen LogP contribution in [0, 0.1) is 18.7 Å². The van der Waals surface area contributed by atoms with E-state index in [1.54, 1.807) is 24.3 Å². The van der Waals surface area contributed by atoms with E-state index in [1.165, 1.54) is 23.9 Å². The SMILES string of the molecule is CCCC(=Nc1cc(F)c(Br)cc1C)C(C)CCC.FC(F)Oc1ccccc1. The third-order valence-corrected chi connectivity index (χ3v) is 4.88. The Kier molecular flexibility index (Phi) is 11.7. The summed E-state index contributed by atoms with van der Waals surface area (Å²) in [5, 5.41) is 0. The highest BCUT2D eigenvalue weighted by Crippen LogP contribution is 2.28. The van der Waals surface area contributed by atoms with Gasteiger partial charge >= 0.3 is 6.61 Å². The molecule has 0 amide bonds. The number of hydrogen-bond acceptors (Lipinski definition) is 2. The van der Waals surface area contributed by atoms with E-state index < -0.39 is 6.61 Å². The second-order valence-electron chi connectivity index (χ2n) is 6.79. The fourth-order valence-corrected chi connectivity index (χ4v) is 3.24. The minimum atomic E-state index is -2.73. The first-order valence-corrected chi connectivity index (χ1v) is 10.6. The molecular formula is C23H29BrF3NO. The van der Waals surface area contributed by atoms with Crippen LogP contribution in [0.4, 0.5) is 18.9 Å². The van der Waals surface area contributed by atoms with Gasteiger partial charge in [-0.25, -0.2) is 4.39 Å². The minimum absolute atomic E-state index is 0.192. The summed E-state index contributed by atoms with van der Waals surface area (Å²) in [5.74, 6) is 0.414. The molecule has 0 saturated carbocycles. The van der Waals surface area contributed by atoms with Crippen molar-refractivity contribution in [2.75, 3.05) is 0 Å². The first-order valence-electron chi connectivity index (χ1n) is 9.81. The lowest BCUT2D eigenvalue weighted by molar-refractivity contribution is -0.0498. The summed E-state index contributed by atoms with van der Waals surface area (Å²) < 4.78 is 41.2. The number of aryl methyl sites for hydroxylation is 1. The van der Waals surface area contributed by atoms with Crippen LogP contribution in [0.5, 0.6) is 5.75 Å². The zero-order valence-corrected chi connectivity index (χ0v) is 19.0. The highest BCUT2D eigenvalue weighted by molar-refractivity contribution is 9.10. The fourth-order valence-electron chi connectivity index (χ4n) is 2.78. The van der Waals surface area contributed by atoms with E-state index in [4.69, 9.17) is 4.99 Å². The molecule has 1 unspecified atom stereocenters. The molecule has 0 bridgehead atoms. The Hall–Kier alpha value is -1.82. The van der Waals surface area contributed by atoms with E-state index in [0.29, 0.717) is 10.4 Å². The third-order valence-electron chi connectivity index (χ3n) is 4.27. The number of halogens is 4. The normalized spacial score (nSPS) is 12.4. The summed E-state index contributed by atoms with van der Waals surface area (Å²) in [6, 6.07) is 11.3. The number of hydrogen-bond donors (Lipinski definition) is 0. The summed E-state index contributed by atoms with van der Waals surface area (Å²) in [7, 11) is 0. The van der Waals surface area contributed by atoms with Gasteiger partial charge in [-0.05, 0) is 65.4 Å². The Morgan fingerprint density at radius 2 is 1.76 bits per heavy atom. The second-order valence-corrected chi connectivity index (χ2v) is 7.64. The predicted octanol–water partition coefficient (Wildman–Crippen LogP) is 8.49. The number of nitrogens with zero attached hydrogens (tertiary/aromatic N) is 1. The molecule has 6 heteroatoms. The van der Waals surface area contributed by atoms with Gasteiger partial charge in [0.2, 0.25) is 0 Å². The topological polar surface area (TPSA) is 21.6 Å². The monoisotopic (exact) mass is 471 g/mol. The summed E-state index contributed by atoms with van der Waals surface area (Å²) in [4.78, 5) is 4.72. The summed E-state index contributed by atoms with van der Waals surface area (Å²) in [5.41, 5.74) is 2.95. The molecule has 2 rings (SSSR count). The van der Waals surface area contributed by atoms with Crippen LogP contribution >= 0.6 is 15.9 Å². The average Bonchev–Trinajstić information content (AvgIpc) is 2.66. The summed E-state index contributed by atoms with van der Waals surface area (Å²) in [6.45, 7) is 5.79. The lowest BCUT2D eigenvalue weighted by Crippen LogP contribution is -2.10. The highest BCUT2D eigenvalue weighted by atomic mass is 79.9. The Labute approximate surface area is 180 Å². The largest absolute Gasteiger partial charge is 0.435 e. The minimum Gasteiger partial charge on any atom is -0.435 e. The van der Waals surface area contributed by atoms with E-state index in [9.17, 15) is 13.2 Å². The molecule has 0 aliphatic carbocycles. The molecule has 0 fully saturated rings. The van der Waals surface area contributed by atoms with Gasteiger partial charge in [0.25, 0.3) is 0 Å². The van der Waals surface area contributed by atoms with Crippen LogP contribution in [-0.2, 0) is 0 Å². The van der Waals surface area contributed by atoms with Crippen molar-refractivity contribution >= 4 is 27.3 Å². The van der Waals surface area contributed by atoms with E-state index in [2.05, 4.69) is 41.4 Å². The number of aliphatic imine (C=N–C) groups is 1. The molecule has 1 atom stereocenters. The van der Waals surface area contributed by atoms with Gasteiger partial charge in [-0.3, -0.25) is 4.99 Å². The molecule has 160 valence electrons. The predicted molar refractivity (Wildman–Crippen MR) is 118 cm³/mol. The van der Waals surface area contributed by atoms with E-state index >= 15 is 0 Å². The number of benzene rings is 2. The smallest absolute Gasteiger partial charge is 0.387 e. The van der Waals surface area contributed by atoms with Crippen molar-refractivity contribution in [2.45, 2.75) is 60.0 Å². The van der Waals surface area contributed by atoms with Gasteiger partial charge in [-0.2, -0.15) is 8.78 Å². The molecule has 29 heavy (non-hydrogen) atoms. The van der Waals surface area contributed by atoms with Crippen molar-refractivity contribution in [3.05, 3.63) is 58.3 Å². The average molecular weight is 472 g/mol. The van der Waals surface area contributed by atoms with Gasteiger partial charge < -0.3 is 4.74 Å². The zero-order chi connectivity index (χ0) is 21.8. The number of alkyl halides is 2. The Balaban J connectivity index is 0.000000352.